The number of rotatable bonds is 3. The second-order valence-corrected chi connectivity index (χ2v) is 8.13. The Morgan fingerprint density at radius 2 is 1.83 bits per heavy atom. The average molecular weight is 426 g/mol. The van der Waals surface area contributed by atoms with Crippen LogP contribution in [0, 0.1) is 11.7 Å². The number of hydrogen-bond acceptors (Lipinski definition) is 4. The van der Waals surface area contributed by atoms with Crippen molar-refractivity contribution in [1.29, 1.82) is 0 Å². The Morgan fingerprint density at radius 3 is 2.50 bits per heavy atom. The fraction of sp³-hybridized carbons (Fsp3) is 0.292. The normalized spacial score (nSPS) is 23.7. The summed E-state index contributed by atoms with van der Waals surface area (Å²) >= 11 is 5.99. The third-order valence-corrected chi connectivity index (χ3v) is 6.18. The lowest BCUT2D eigenvalue weighted by atomic mass is 9.69. The van der Waals surface area contributed by atoms with Crippen molar-refractivity contribution in [2.45, 2.75) is 31.6 Å². The second kappa shape index (κ2) is 8.15. The predicted molar refractivity (Wildman–Crippen MR) is 113 cm³/mol. The van der Waals surface area contributed by atoms with Crippen LogP contribution in [0.2, 0.25) is 5.02 Å². The van der Waals surface area contributed by atoms with Crippen molar-refractivity contribution < 1.29 is 18.7 Å². The molecule has 2 aromatic rings. The van der Waals surface area contributed by atoms with Crippen LogP contribution >= 0.6 is 11.6 Å². The Kier molecular flexibility index (Phi) is 5.56. The van der Waals surface area contributed by atoms with Gasteiger partial charge in [0.1, 0.15) is 11.7 Å². The Labute approximate surface area is 179 Å². The zero-order valence-electron chi connectivity index (χ0n) is 16.7. The summed E-state index contributed by atoms with van der Waals surface area (Å²) in [6.45, 7) is 1.73. The molecular weight excluding hydrogens is 405 g/mol. The third-order valence-electron chi connectivity index (χ3n) is 5.93. The fourth-order valence-electron chi connectivity index (χ4n) is 4.53. The molecule has 0 amide bonds. The zero-order valence-corrected chi connectivity index (χ0v) is 17.4. The highest BCUT2D eigenvalue weighted by molar-refractivity contribution is 6.30. The summed E-state index contributed by atoms with van der Waals surface area (Å²) in [7, 11) is 1.29. The van der Waals surface area contributed by atoms with E-state index in [9.17, 15) is 14.0 Å². The molecule has 1 aliphatic carbocycles. The number of esters is 1. The topological polar surface area (TPSA) is 55.7 Å². The number of Topliss-reactive ketones (excluding diaryl/α,β-unsaturated/α-hetero) is 1. The average Bonchev–Trinajstić information content (AvgIpc) is 2.73. The molecule has 0 N–H and O–H groups in total. The number of benzene rings is 2. The van der Waals surface area contributed by atoms with E-state index in [1.54, 1.807) is 37.3 Å². The minimum Gasteiger partial charge on any atom is -0.468 e. The van der Waals surface area contributed by atoms with Gasteiger partial charge in [0.15, 0.2) is 5.78 Å². The van der Waals surface area contributed by atoms with E-state index < -0.39 is 23.6 Å². The highest BCUT2D eigenvalue weighted by Gasteiger charge is 2.45. The lowest BCUT2D eigenvalue weighted by molar-refractivity contribution is -0.143. The van der Waals surface area contributed by atoms with Gasteiger partial charge in [0.2, 0.25) is 0 Å². The highest BCUT2D eigenvalue weighted by Crippen LogP contribution is 2.47. The van der Waals surface area contributed by atoms with Crippen LogP contribution in [-0.2, 0) is 14.3 Å². The molecule has 0 radical (unpaired) electrons. The van der Waals surface area contributed by atoms with Crippen LogP contribution in [0.3, 0.4) is 0 Å². The van der Waals surface area contributed by atoms with Gasteiger partial charge in [-0.1, -0.05) is 41.9 Å². The van der Waals surface area contributed by atoms with Crippen LogP contribution in [-0.4, -0.2) is 24.6 Å². The molecule has 2 aromatic carbocycles. The van der Waals surface area contributed by atoms with Crippen molar-refractivity contribution in [3.63, 3.8) is 0 Å². The van der Waals surface area contributed by atoms with Crippen molar-refractivity contribution in [1.82, 2.24) is 0 Å². The van der Waals surface area contributed by atoms with E-state index in [0.717, 1.165) is 5.56 Å². The maximum absolute atomic E-state index is 14.8. The van der Waals surface area contributed by atoms with Gasteiger partial charge in [-0.05, 0) is 48.6 Å². The molecule has 0 bridgehead atoms. The third kappa shape index (κ3) is 3.58. The molecule has 3 atom stereocenters. The number of carbonyl (C=O) groups excluding carboxylic acids is 2. The summed E-state index contributed by atoms with van der Waals surface area (Å²) in [5.74, 6) is -2.71. The maximum Gasteiger partial charge on any atom is 0.315 e. The summed E-state index contributed by atoms with van der Waals surface area (Å²) in [5.41, 5.74) is 2.89. The van der Waals surface area contributed by atoms with E-state index >= 15 is 0 Å². The SMILES string of the molecule is COC(=O)C1C(C)=NC2=C(C(=O)C[C@H](c3ccc(Cl)cc3)C2)[C@@H]1c1ccccc1F. The lowest BCUT2D eigenvalue weighted by Crippen LogP contribution is -2.38. The highest BCUT2D eigenvalue weighted by atomic mass is 35.5. The molecule has 2 aliphatic rings. The number of ether oxygens (including phenoxy) is 1. The summed E-state index contributed by atoms with van der Waals surface area (Å²) < 4.78 is 19.7. The van der Waals surface area contributed by atoms with Crippen molar-refractivity contribution in [3.05, 3.63) is 81.8 Å². The molecule has 1 unspecified atom stereocenters. The Balaban J connectivity index is 1.82. The number of nitrogens with zero attached hydrogens (tertiary/aromatic N) is 1. The number of methoxy groups -OCH3 is 1. The molecule has 0 fully saturated rings. The first kappa shape index (κ1) is 20.5. The predicted octanol–water partition coefficient (Wildman–Crippen LogP) is 5.23. The number of carbonyl (C=O) groups is 2. The summed E-state index contributed by atoms with van der Waals surface area (Å²) in [6.07, 6.45) is 0.812. The smallest absolute Gasteiger partial charge is 0.315 e. The molecule has 0 saturated heterocycles. The van der Waals surface area contributed by atoms with Gasteiger partial charge in [-0.15, -0.1) is 0 Å². The molecule has 6 heteroatoms. The number of allylic oxidation sites excluding steroid dienone is 2. The molecule has 4 nitrogen and oxygen atoms in total. The van der Waals surface area contributed by atoms with E-state index in [2.05, 4.69) is 4.99 Å². The number of hydrogen-bond donors (Lipinski definition) is 0. The molecular formula is C24H21ClFNO3. The molecule has 0 aromatic heterocycles. The summed E-state index contributed by atoms with van der Waals surface area (Å²) in [4.78, 5) is 30.5. The molecule has 1 aliphatic heterocycles. The van der Waals surface area contributed by atoms with E-state index in [-0.39, 0.29) is 18.1 Å². The molecule has 4 rings (SSSR count). The first-order valence-electron chi connectivity index (χ1n) is 9.79. The van der Waals surface area contributed by atoms with E-state index in [0.29, 0.717) is 34.0 Å². The van der Waals surface area contributed by atoms with Gasteiger partial charge in [-0.2, -0.15) is 0 Å². The van der Waals surface area contributed by atoms with Crippen LogP contribution in [0.25, 0.3) is 0 Å². The van der Waals surface area contributed by atoms with Gasteiger partial charge in [0, 0.05) is 34.3 Å². The van der Waals surface area contributed by atoms with Crippen LogP contribution < -0.4 is 0 Å². The molecule has 0 spiro atoms. The molecule has 154 valence electrons. The quantitative estimate of drug-likeness (QED) is 0.633. The second-order valence-electron chi connectivity index (χ2n) is 7.69. The number of ketones is 1. The monoisotopic (exact) mass is 425 g/mol. The van der Waals surface area contributed by atoms with Crippen molar-refractivity contribution >= 4 is 29.1 Å². The van der Waals surface area contributed by atoms with Crippen molar-refractivity contribution in [2.75, 3.05) is 7.11 Å². The zero-order chi connectivity index (χ0) is 21.4. The Bertz CT molecular complexity index is 1070. The van der Waals surface area contributed by atoms with Crippen LogP contribution in [0.15, 0.2) is 64.8 Å². The maximum atomic E-state index is 14.8. The molecule has 1 heterocycles. The largest absolute Gasteiger partial charge is 0.468 e. The van der Waals surface area contributed by atoms with Crippen LogP contribution in [0.1, 0.15) is 42.7 Å². The molecule has 30 heavy (non-hydrogen) atoms. The van der Waals surface area contributed by atoms with E-state index in [1.165, 1.54) is 13.2 Å². The van der Waals surface area contributed by atoms with Crippen molar-refractivity contribution in [2.24, 2.45) is 10.9 Å². The standard InChI is InChI=1S/C24H21ClFNO3/c1-13-21(24(29)30-2)22(17-5-3-4-6-18(17)26)23-19(27-13)11-15(12-20(23)28)14-7-9-16(25)10-8-14/h3-10,15,21-22H,11-12H2,1-2H3/t15-,21?,22-/m1/s1. The number of halogens is 2. The van der Waals surface area contributed by atoms with Gasteiger partial charge in [-0.25, -0.2) is 4.39 Å². The minimum atomic E-state index is -0.832. The Morgan fingerprint density at radius 1 is 1.13 bits per heavy atom. The summed E-state index contributed by atoms with van der Waals surface area (Å²) in [6, 6.07) is 13.7. The summed E-state index contributed by atoms with van der Waals surface area (Å²) in [5, 5.41) is 0.632. The van der Waals surface area contributed by atoms with E-state index in [1.807, 2.05) is 12.1 Å². The lowest BCUT2D eigenvalue weighted by Gasteiger charge is -2.36. The van der Waals surface area contributed by atoms with Crippen LogP contribution in [0.5, 0.6) is 0 Å². The van der Waals surface area contributed by atoms with Gasteiger partial charge in [0.25, 0.3) is 0 Å². The van der Waals surface area contributed by atoms with Gasteiger partial charge in [-0.3, -0.25) is 14.6 Å². The van der Waals surface area contributed by atoms with Gasteiger partial charge >= 0.3 is 5.97 Å². The molecule has 0 saturated carbocycles. The Hall–Kier alpha value is -2.79. The van der Waals surface area contributed by atoms with E-state index in [4.69, 9.17) is 16.3 Å². The van der Waals surface area contributed by atoms with Crippen molar-refractivity contribution in [3.8, 4) is 0 Å². The van der Waals surface area contributed by atoms with Gasteiger partial charge < -0.3 is 4.74 Å². The first-order chi connectivity index (χ1) is 14.4. The fourth-order valence-corrected chi connectivity index (χ4v) is 4.65. The van der Waals surface area contributed by atoms with Gasteiger partial charge in [0.05, 0.1) is 7.11 Å². The van der Waals surface area contributed by atoms with Crippen LogP contribution in [0.4, 0.5) is 4.39 Å². The first-order valence-corrected chi connectivity index (χ1v) is 10.2. The number of aliphatic imine (C=N–C) groups is 1. The minimum absolute atomic E-state index is 0.0407.